The van der Waals surface area contributed by atoms with E-state index in [1.54, 1.807) is 20.8 Å². The number of benzene rings is 2. The van der Waals surface area contributed by atoms with Crippen molar-refractivity contribution < 1.29 is 37.4 Å². The van der Waals surface area contributed by atoms with Crippen molar-refractivity contribution in [3.8, 4) is 5.75 Å². The van der Waals surface area contributed by atoms with Crippen LogP contribution in [-0.2, 0) is 20.9 Å². The second-order valence-electron chi connectivity index (χ2n) is 7.34. The summed E-state index contributed by atoms with van der Waals surface area (Å²) in [6.45, 7) is 1.99. The van der Waals surface area contributed by atoms with Gasteiger partial charge >= 0.3 is 16.7 Å². The molecule has 3 rings (SSSR count). The summed E-state index contributed by atoms with van der Waals surface area (Å²) in [5.74, 6) is -10.2. The van der Waals surface area contributed by atoms with Gasteiger partial charge in [0.05, 0.1) is 5.56 Å². The number of carbonyl (C=O) groups excluding carboxylic acids is 2. The molecule has 1 amide bonds. The fraction of sp³-hybridized carbons (Fsp3) is 0.227. The summed E-state index contributed by atoms with van der Waals surface area (Å²) in [4.78, 5) is 32.8. The molecule has 0 saturated heterocycles. The number of Topliss-reactive ketones (excluding diaryl/α,β-unsaturated/α-hetero) is 1. The van der Waals surface area contributed by atoms with Crippen LogP contribution in [0.2, 0.25) is 0 Å². The molecule has 1 unspecified atom stereocenters. The van der Waals surface area contributed by atoms with Crippen LogP contribution >= 0.6 is 15.9 Å². The number of ether oxygens (including phenoxy) is 1. The number of amides is 1. The monoisotopic (exact) mass is 526 g/mol. The third-order valence-electron chi connectivity index (χ3n) is 5.01. The zero-order chi connectivity index (χ0) is 24.6. The van der Waals surface area contributed by atoms with Crippen LogP contribution in [0.1, 0.15) is 18.1 Å². The Morgan fingerprint density at radius 3 is 2.30 bits per heavy atom. The average molecular weight is 527 g/mol. The Kier molecular flexibility index (Phi) is 6.55. The van der Waals surface area contributed by atoms with Crippen molar-refractivity contribution >= 4 is 44.9 Å². The van der Waals surface area contributed by atoms with Crippen LogP contribution in [0.3, 0.4) is 0 Å². The zero-order valence-corrected chi connectivity index (χ0v) is 18.7. The van der Waals surface area contributed by atoms with Crippen molar-refractivity contribution in [2.45, 2.75) is 24.2 Å². The third-order valence-corrected chi connectivity index (χ3v) is 5.52. The van der Waals surface area contributed by atoms with Gasteiger partial charge in [-0.05, 0) is 46.1 Å². The first-order chi connectivity index (χ1) is 15.4. The summed E-state index contributed by atoms with van der Waals surface area (Å²) in [6.07, 6.45) is 0. The minimum absolute atomic E-state index is 0.161. The maximum atomic E-state index is 14.9. The van der Waals surface area contributed by atoms with Crippen LogP contribution in [0, 0.1) is 0 Å². The van der Waals surface area contributed by atoms with E-state index in [1.807, 2.05) is 30.3 Å². The molecule has 0 saturated carbocycles. The first-order valence-electron chi connectivity index (χ1n) is 9.51. The van der Waals surface area contributed by atoms with E-state index in [0.29, 0.717) is 12.1 Å². The van der Waals surface area contributed by atoms with Gasteiger partial charge in [-0.25, -0.2) is 4.79 Å². The molecule has 0 spiro atoms. The standard InChI is InChI=1S/C22H18BrF3N2O5/c1-12-10-28(11-13-6-3-2-4-7-13)14-8-5-9-15(17(14)16(12)18(29)19(27)30)33-21(24,20(31)32)22(23,25)26/h2-9H,10-11H2,1H3,(H2,27,30)(H,31,32). The highest BCUT2D eigenvalue weighted by molar-refractivity contribution is 9.10. The summed E-state index contributed by atoms with van der Waals surface area (Å²) in [6, 6.07) is 13.0. The molecule has 0 bridgehead atoms. The van der Waals surface area contributed by atoms with Gasteiger partial charge < -0.3 is 20.5 Å². The number of rotatable bonds is 8. The average Bonchev–Trinajstić information content (AvgIpc) is 2.73. The Hall–Kier alpha value is -3.34. The Morgan fingerprint density at radius 1 is 1.12 bits per heavy atom. The number of carbonyl (C=O) groups is 3. The summed E-state index contributed by atoms with van der Waals surface area (Å²) in [7, 11) is 0. The number of fused-ring (bicyclic) bond motifs is 1. The highest BCUT2D eigenvalue weighted by Gasteiger charge is 2.63. The lowest BCUT2D eigenvalue weighted by Crippen LogP contribution is -2.52. The molecule has 174 valence electrons. The Bertz CT molecular complexity index is 1150. The predicted octanol–water partition coefficient (Wildman–Crippen LogP) is 3.65. The van der Waals surface area contributed by atoms with Gasteiger partial charge in [0.15, 0.2) is 0 Å². The molecule has 0 fully saturated rings. The number of carboxylic acids is 1. The predicted molar refractivity (Wildman–Crippen MR) is 117 cm³/mol. The zero-order valence-electron chi connectivity index (χ0n) is 17.1. The van der Waals surface area contributed by atoms with Crippen LogP contribution < -0.4 is 15.4 Å². The number of halogens is 4. The van der Waals surface area contributed by atoms with E-state index in [9.17, 15) is 27.6 Å². The summed E-state index contributed by atoms with van der Waals surface area (Å²) in [5, 5.41) is 9.12. The Morgan fingerprint density at radius 2 is 1.76 bits per heavy atom. The Balaban J connectivity index is 2.21. The molecule has 11 heteroatoms. The van der Waals surface area contributed by atoms with Gasteiger partial charge in [-0.1, -0.05) is 36.4 Å². The summed E-state index contributed by atoms with van der Waals surface area (Å²) < 4.78 is 47.3. The second kappa shape index (κ2) is 8.89. The van der Waals surface area contributed by atoms with Crippen LogP contribution in [-0.4, -0.2) is 40.0 Å². The summed E-state index contributed by atoms with van der Waals surface area (Å²) in [5.41, 5.74) is 6.15. The molecule has 1 heterocycles. The molecule has 0 radical (unpaired) electrons. The number of primary amides is 1. The fourth-order valence-electron chi connectivity index (χ4n) is 3.53. The number of nitrogens with two attached hydrogens (primary N) is 1. The van der Waals surface area contributed by atoms with Crippen molar-refractivity contribution in [3.63, 3.8) is 0 Å². The van der Waals surface area contributed by atoms with Crippen LogP contribution in [0.15, 0.2) is 54.1 Å². The van der Waals surface area contributed by atoms with Crippen molar-refractivity contribution in [1.29, 1.82) is 0 Å². The third kappa shape index (κ3) is 4.58. The van der Waals surface area contributed by atoms with Gasteiger partial charge in [0.2, 0.25) is 0 Å². The molecule has 1 aliphatic rings. The number of nitrogens with zero attached hydrogens (tertiary/aromatic N) is 1. The number of ketones is 1. The van der Waals surface area contributed by atoms with Gasteiger partial charge in [-0.2, -0.15) is 13.2 Å². The van der Waals surface area contributed by atoms with E-state index >= 15 is 0 Å². The van der Waals surface area contributed by atoms with E-state index in [2.05, 4.69) is 0 Å². The van der Waals surface area contributed by atoms with Crippen molar-refractivity contribution in [2.75, 3.05) is 11.4 Å². The molecule has 7 nitrogen and oxygen atoms in total. The molecule has 0 aromatic heterocycles. The summed E-state index contributed by atoms with van der Waals surface area (Å²) >= 11 is 1.71. The van der Waals surface area contributed by atoms with E-state index in [1.165, 1.54) is 19.1 Å². The lowest BCUT2D eigenvalue weighted by atomic mass is 9.89. The van der Waals surface area contributed by atoms with Crippen LogP contribution in [0.25, 0.3) is 5.57 Å². The van der Waals surface area contributed by atoms with E-state index in [-0.39, 0.29) is 23.4 Å². The number of carboxylic acid groups (broad SMARTS) is 1. The van der Waals surface area contributed by atoms with E-state index < -0.39 is 34.1 Å². The molecule has 2 aromatic rings. The van der Waals surface area contributed by atoms with Gasteiger partial charge in [0.25, 0.3) is 11.7 Å². The number of anilines is 1. The van der Waals surface area contributed by atoms with Crippen LogP contribution in [0.5, 0.6) is 5.75 Å². The van der Waals surface area contributed by atoms with Crippen molar-refractivity contribution in [2.24, 2.45) is 5.73 Å². The van der Waals surface area contributed by atoms with E-state index in [0.717, 1.165) is 11.6 Å². The smallest absolute Gasteiger partial charge is 0.419 e. The number of aliphatic carboxylic acids is 1. The number of hydrogen-bond donors (Lipinski definition) is 2. The minimum atomic E-state index is -4.63. The van der Waals surface area contributed by atoms with Gasteiger partial charge in [0, 0.05) is 24.4 Å². The molecule has 3 N–H and O–H groups in total. The highest BCUT2D eigenvalue weighted by Crippen LogP contribution is 2.46. The highest BCUT2D eigenvalue weighted by atomic mass is 79.9. The fourth-order valence-corrected chi connectivity index (χ4v) is 3.78. The maximum Gasteiger partial charge on any atom is 0.419 e. The Labute approximate surface area is 194 Å². The normalized spacial score (nSPS) is 15.5. The number of alkyl halides is 4. The molecule has 1 aliphatic heterocycles. The van der Waals surface area contributed by atoms with Gasteiger partial charge in [0.1, 0.15) is 5.75 Å². The largest absolute Gasteiger partial charge is 0.476 e. The second-order valence-corrected chi connectivity index (χ2v) is 8.34. The first kappa shape index (κ1) is 24.3. The minimum Gasteiger partial charge on any atom is -0.476 e. The van der Waals surface area contributed by atoms with Crippen LogP contribution in [0.4, 0.5) is 18.9 Å². The molecule has 1 atom stereocenters. The van der Waals surface area contributed by atoms with Crippen molar-refractivity contribution in [1.82, 2.24) is 0 Å². The lowest BCUT2D eigenvalue weighted by Gasteiger charge is -2.35. The molecule has 33 heavy (non-hydrogen) atoms. The lowest BCUT2D eigenvalue weighted by molar-refractivity contribution is -0.210. The molecule has 2 aromatic carbocycles. The van der Waals surface area contributed by atoms with Gasteiger partial charge in [-0.3, -0.25) is 9.59 Å². The number of hydrogen-bond acceptors (Lipinski definition) is 5. The quantitative estimate of drug-likeness (QED) is 0.401. The molecular weight excluding hydrogens is 509 g/mol. The first-order valence-corrected chi connectivity index (χ1v) is 10.3. The van der Waals surface area contributed by atoms with E-state index in [4.69, 9.17) is 15.6 Å². The SMILES string of the molecule is CC1=C(C(=O)C(N)=O)c2c(OC(F)(C(=O)O)C(F)(F)Br)cccc2N(Cc2ccccc2)C1. The molecule has 0 aliphatic carbocycles. The topological polar surface area (TPSA) is 110 Å². The maximum absolute atomic E-state index is 14.9. The van der Waals surface area contributed by atoms with Crippen molar-refractivity contribution in [3.05, 3.63) is 65.2 Å². The molecular formula is C22H18BrF3N2O5. The van der Waals surface area contributed by atoms with Gasteiger partial charge in [-0.15, -0.1) is 0 Å².